The van der Waals surface area contributed by atoms with Gasteiger partial charge in [-0.1, -0.05) is 18.2 Å². The second-order valence-electron chi connectivity index (χ2n) is 6.09. The number of carbonyl (C=O) groups is 1. The Kier molecular flexibility index (Phi) is 5.23. The molecule has 1 N–H and O–H groups in total. The summed E-state index contributed by atoms with van der Waals surface area (Å²) in [5, 5.41) is 13.8. The van der Waals surface area contributed by atoms with Crippen LogP contribution >= 0.6 is 0 Å². The van der Waals surface area contributed by atoms with Crippen molar-refractivity contribution in [3.63, 3.8) is 0 Å². The van der Waals surface area contributed by atoms with Crippen LogP contribution in [0.3, 0.4) is 0 Å². The summed E-state index contributed by atoms with van der Waals surface area (Å²) in [7, 11) is 0. The summed E-state index contributed by atoms with van der Waals surface area (Å²) in [6, 6.07) is 10.3. The van der Waals surface area contributed by atoms with Gasteiger partial charge in [0.05, 0.1) is 11.5 Å². The van der Waals surface area contributed by atoms with Crippen molar-refractivity contribution >= 4 is 11.7 Å². The fourth-order valence-electron chi connectivity index (χ4n) is 3.17. The standard InChI is InChI=1S/C18H20N4O3/c23-18(20-13-16-3-1-2-4-17(16)22(24)25)21-11-7-15(8-12-21)14-5-9-19-10-6-14/h1-6,9-10,15H,7-8,11-13H2,(H,20,23). The van der Waals surface area contributed by atoms with Crippen molar-refractivity contribution in [3.05, 3.63) is 70.0 Å². The Hall–Kier alpha value is -2.96. The summed E-state index contributed by atoms with van der Waals surface area (Å²) in [5.41, 5.74) is 1.79. The molecule has 2 heterocycles. The van der Waals surface area contributed by atoms with Gasteiger partial charge < -0.3 is 10.2 Å². The zero-order valence-electron chi connectivity index (χ0n) is 13.8. The number of nitro benzene ring substituents is 1. The van der Waals surface area contributed by atoms with Gasteiger partial charge in [-0.25, -0.2) is 4.79 Å². The molecule has 0 spiro atoms. The molecule has 0 aliphatic carbocycles. The molecule has 1 saturated heterocycles. The van der Waals surface area contributed by atoms with Crippen LogP contribution in [0.15, 0.2) is 48.8 Å². The van der Waals surface area contributed by atoms with Crippen LogP contribution in [-0.2, 0) is 6.54 Å². The first-order valence-corrected chi connectivity index (χ1v) is 8.30. The molecule has 0 bridgehead atoms. The normalized spacial score (nSPS) is 15.0. The number of benzene rings is 1. The Morgan fingerprint density at radius 1 is 1.20 bits per heavy atom. The van der Waals surface area contributed by atoms with E-state index >= 15 is 0 Å². The molecule has 7 nitrogen and oxygen atoms in total. The van der Waals surface area contributed by atoms with E-state index in [4.69, 9.17) is 0 Å². The van der Waals surface area contributed by atoms with Crippen LogP contribution in [0.5, 0.6) is 0 Å². The second kappa shape index (κ2) is 7.74. The third-order valence-electron chi connectivity index (χ3n) is 4.58. The lowest BCUT2D eigenvalue weighted by Gasteiger charge is -2.32. The van der Waals surface area contributed by atoms with E-state index < -0.39 is 4.92 Å². The number of para-hydroxylation sites is 1. The molecule has 7 heteroatoms. The molecule has 1 aliphatic rings. The fourth-order valence-corrected chi connectivity index (χ4v) is 3.17. The predicted molar refractivity (Wildman–Crippen MR) is 93.1 cm³/mol. The molecule has 1 fully saturated rings. The molecule has 25 heavy (non-hydrogen) atoms. The summed E-state index contributed by atoms with van der Waals surface area (Å²) in [5.74, 6) is 0.447. The third kappa shape index (κ3) is 4.12. The number of nitrogens with zero attached hydrogens (tertiary/aromatic N) is 3. The minimum Gasteiger partial charge on any atom is -0.334 e. The molecule has 0 atom stereocenters. The highest BCUT2D eigenvalue weighted by Gasteiger charge is 2.24. The SMILES string of the molecule is O=C(NCc1ccccc1[N+](=O)[O-])N1CCC(c2ccncc2)CC1. The summed E-state index contributed by atoms with van der Waals surface area (Å²) in [6.45, 7) is 1.51. The van der Waals surface area contributed by atoms with Gasteiger partial charge in [-0.2, -0.15) is 0 Å². The van der Waals surface area contributed by atoms with E-state index in [1.165, 1.54) is 11.6 Å². The molecule has 0 saturated carbocycles. The highest BCUT2D eigenvalue weighted by Crippen LogP contribution is 2.27. The molecule has 1 aliphatic heterocycles. The van der Waals surface area contributed by atoms with Gasteiger partial charge in [0.15, 0.2) is 0 Å². The first kappa shape index (κ1) is 16.9. The van der Waals surface area contributed by atoms with Gasteiger partial charge in [-0.15, -0.1) is 0 Å². The molecular formula is C18H20N4O3. The lowest BCUT2D eigenvalue weighted by molar-refractivity contribution is -0.385. The van der Waals surface area contributed by atoms with E-state index in [2.05, 4.69) is 10.3 Å². The molecular weight excluding hydrogens is 320 g/mol. The van der Waals surface area contributed by atoms with Crippen molar-refractivity contribution < 1.29 is 9.72 Å². The minimum atomic E-state index is -0.429. The zero-order valence-corrected chi connectivity index (χ0v) is 13.8. The summed E-state index contributed by atoms with van der Waals surface area (Å²) >= 11 is 0. The van der Waals surface area contributed by atoms with Crippen LogP contribution < -0.4 is 5.32 Å². The number of piperidine rings is 1. The molecule has 2 aromatic rings. The van der Waals surface area contributed by atoms with Gasteiger partial charge in [0.25, 0.3) is 5.69 Å². The van der Waals surface area contributed by atoms with Gasteiger partial charge in [0, 0.05) is 37.1 Å². The second-order valence-corrected chi connectivity index (χ2v) is 6.09. The third-order valence-corrected chi connectivity index (χ3v) is 4.58. The lowest BCUT2D eigenvalue weighted by atomic mass is 9.90. The summed E-state index contributed by atoms with van der Waals surface area (Å²) in [4.78, 5) is 28.7. The monoisotopic (exact) mass is 340 g/mol. The molecule has 1 aromatic carbocycles. The van der Waals surface area contributed by atoms with E-state index in [1.807, 2.05) is 12.1 Å². The van der Waals surface area contributed by atoms with Crippen LogP contribution in [0.25, 0.3) is 0 Å². The molecule has 0 radical (unpaired) electrons. The Morgan fingerprint density at radius 3 is 2.56 bits per heavy atom. The van der Waals surface area contributed by atoms with Crippen LogP contribution in [0.4, 0.5) is 10.5 Å². The summed E-state index contributed by atoms with van der Waals surface area (Å²) in [6.07, 6.45) is 5.40. The topological polar surface area (TPSA) is 88.4 Å². The molecule has 3 rings (SSSR count). The number of likely N-dealkylation sites (tertiary alicyclic amines) is 1. The van der Waals surface area contributed by atoms with Crippen molar-refractivity contribution in [2.24, 2.45) is 0 Å². The van der Waals surface area contributed by atoms with Crippen LogP contribution in [0, 0.1) is 10.1 Å². The van der Waals surface area contributed by atoms with Crippen LogP contribution in [-0.4, -0.2) is 33.9 Å². The number of hydrogen-bond donors (Lipinski definition) is 1. The maximum absolute atomic E-state index is 12.3. The van der Waals surface area contributed by atoms with Gasteiger partial charge in [0.1, 0.15) is 0 Å². The zero-order chi connectivity index (χ0) is 17.6. The predicted octanol–water partition coefficient (Wildman–Crippen LogP) is 3.08. The maximum Gasteiger partial charge on any atom is 0.317 e. The van der Waals surface area contributed by atoms with E-state index in [1.54, 1.807) is 35.5 Å². The summed E-state index contributed by atoms with van der Waals surface area (Å²) < 4.78 is 0. The smallest absolute Gasteiger partial charge is 0.317 e. The first-order valence-electron chi connectivity index (χ1n) is 8.30. The average Bonchev–Trinajstić information content (AvgIpc) is 2.67. The largest absolute Gasteiger partial charge is 0.334 e. The number of amides is 2. The molecule has 0 unspecified atom stereocenters. The van der Waals surface area contributed by atoms with E-state index in [0.717, 1.165) is 12.8 Å². The van der Waals surface area contributed by atoms with Crippen molar-refractivity contribution in [1.29, 1.82) is 0 Å². The Morgan fingerprint density at radius 2 is 1.88 bits per heavy atom. The number of urea groups is 1. The van der Waals surface area contributed by atoms with Crippen LogP contribution in [0.1, 0.15) is 29.9 Å². The van der Waals surface area contributed by atoms with E-state index in [-0.39, 0.29) is 18.3 Å². The van der Waals surface area contributed by atoms with Crippen molar-refractivity contribution in [1.82, 2.24) is 15.2 Å². The average molecular weight is 340 g/mol. The van der Waals surface area contributed by atoms with Gasteiger partial charge in [-0.3, -0.25) is 15.1 Å². The maximum atomic E-state index is 12.3. The minimum absolute atomic E-state index is 0.0270. The number of rotatable bonds is 4. The van der Waals surface area contributed by atoms with Crippen molar-refractivity contribution in [3.8, 4) is 0 Å². The van der Waals surface area contributed by atoms with Crippen LogP contribution in [0.2, 0.25) is 0 Å². The molecule has 130 valence electrons. The quantitative estimate of drug-likeness (QED) is 0.684. The number of pyridine rings is 1. The van der Waals surface area contributed by atoms with E-state index in [9.17, 15) is 14.9 Å². The van der Waals surface area contributed by atoms with E-state index in [0.29, 0.717) is 24.6 Å². The highest BCUT2D eigenvalue weighted by molar-refractivity contribution is 5.74. The highest BCUT2D eigenvalue weighted by atomic mass is 16.6. The van der Waals surface area contributed by atoms with Gasteiger partial charge >= 0.3 is 6.03 Å². The van der Waals surface area contributed by atoms with Gasteiger partial charge in [-0.05, 0) is 36.5 Å². The van der Waals surface area contributed by atoms with Crippen molar-refractivity contribution in [2.75, 3.05) is 13.1 Å². The fraction of sp³-hybridized carbons (Fsp3) is 0.333. The molecule has 1 aromatic heterocycles. The number of nitrogens with one attached hydrogen (secondary N) is 1. The Bertz CT molecular complexity index is 743. The number of aromatic nitrogens is 1. The number of nitro groups is 1. The number of hydrogen-bond acceptors (Lipinski definition) is 4. The first-order chi connectivity index (χ1) is 12.1. The molecule has 2 amide bonds. The van der Waals surface area contributed by atoms with Crippen molar-refractivity contribution in [2.45, 2.75) is 25.3 Å². The Labute approximate surface area is 145 Å². The van der Waals surface area contributed by atoms with Gasteiger partial charge in [0.2, 0.25) is 0 Å². The lowest BCUT2D eigenvalue weighted by Crippen LogP contribution is -2.43. The Balaban J connectivity index is 1.53. The number of carbonyl (C=O) groups excluding carboxylic acids is 1.